The Morgan fingerprint density at radius 3 is 2.71 bits per heavy atom. The Bertz CT molecular complexity index is 1010. The Hall–Kier alpha value is -1.96. The highest BCUT2D eigenvalue weighted by Crippen LogP contribution is 2.29. The molecule has 0 aromatic heterocycles. The van der Waals surface area contributed by atoms with E-state index in [0.29, 0.717) is 13.1 Å². The van der Waals surface area contributed by atoms with E-state index in [-0.39, 0.29) is 27.1 Å². The molecular formula is C20H22ClFN2O3S. The third kappa shape index (κ3) is 4.37. The highest BCUT2D eigenvalue weighted by molar-refractivity contribution is 7.89. The summed E-state index contributed by atoms with van der Waals surface area (Å²) in [6.45, 7) is 4.63. The molecular weight excluding hydrogens is 403 g/mol. The van der Waals surface area contributed by atoms with Gasteiger partial charge in [-0.15, -0.1) is 0 Å². The largest absolute Gasteiger partial charge is 0.319 e. The van der Waals surface area contributed by atoms with Crippen LogP contribution in [-0.2, 0) is 10.0 Å². The highest BCUT2D eigenvalue weighted by Gasteiger charge is 2.31. The summed E-state index contributed by atoms with van der Waals surface area (Å²) < 4.78 is 41.4. The maximum Gasteiger partial charge on any atom is 0.255 e. The average molecular weight is 425 g/mol. The van der Waals surface area contributed by atoms with Crippen LogP contribution < -0.4 is 5.32 Å². The predicted octanol–water partition coefficient (Wildman–Crippen LogP) is 4.46. The highest BCUT2D eigenvalue weighted by atomic mass is 35.5. The van der Waals surface area contributed by atoms with Crippen molar-refractivity contribution in [3.63, 3.8) is 0 Å². The van der Waals surface area contributed by atoms with Crippen molar-refractivity contribution in [2.45, 2.75) is 31.6 Å². The molecule has 28 heavy (non-hydrogen) atoms. The third-order valence-corrected chi connectivity index (χ3v) is 7.15. The Labute approximate surface area is 169 Å². The van der Waals surface area contributed by atoms with Gasteiger partial charge in [0.25, 0.3) is 5.91 Å². The summed E-state index contributed by atoms with van der Waals surface area (Å²) in [4.78, 5) is 12.5. The topological polar surface area (TPSA) is 66.5 Å². The summed E-state index contributed by atoms with van der Waals surface area (Å²) in [6, 6.07) is 8.42. The van der Waals surface area contributed by atoms with Gasteiger partial charge >= 0.3 is 0 Å². The van der Waals surface area contributed by atoms with E-state index in [1.54, 1.807) is 13.0 Å². The van der Waals surface area contributed by atoms with Crippen LogP contribution >= 0.6 is 11.6 Å². The number of nitrogens with zero attached hydrogens (tertiary/aromatic N) is 1. The fourth-order valence-electron chi connectivity index (χ4n) is 3.28. The predicted molar refractivity (Wildman–Crippen MR) is 108 cm³/mol. The van der Waals surface area contributed by atoms with Crippen LogP contribution in [0.15, 0.2) is 41.3 Å². The molecule has 1 aliphatic heterocycles. The van der Waals surface area contributed by atoms with Crippen molar-refractivity contribution >= 4 is 33.2 Å². The van der Waals surface area contributed by atoms with Crippen LogP contribution in [0.25, 0.3) is 0 Å². The van der Waals surface area contributed by atoms with E-state index in [2.05, 4.69) is 5.32 Å². The Balaban J connectivity index is 1.90. The lowest BCUT2D eigenvalue weighted by molar-refractivity contribution is 0.102. The maximum atomic E-state index is 13.9. The number of amides is 1. The van der Waals surface area contributed by atoms with Gasteiger partial charge in [0.2, 0.25) is 10.0 Å². The van der Waals surface area contributed by atoms with Crippen LogP contribution in [0.5, 0.6) is 0 Å². The molecule has 0 spiro atoms. The molecule has 0 saturated carbocycles. The summed E-state index contributed by atoms with van der Waals surface area (Å²) >= 11 is 6.15. The van der Waals surface area contributed by atoms with Gasteiger partial charge in [0.1, 0.15) is 10.7 Å². The maximum absolute atomic E-state index is 13.9. The number of hydrogen-bond donors (Lipinski definition) is 1. The molecule has 0 bridgehead atoms. The molecule has 3 rings (SSSR count). The molecule has 1 atom stereocenters. The first-order chi connectivity index (χ1) is 13.2. The molecule has 150 valence electrons. The van der Waals surface area contributed by atoms with Gasteiger partial charge in [-0.1, -0.05) is 24.6 Å². The van der Waals surface area contributed by atoms with Gasteiger partial charge in [0.05, 0.1) is 10.7 Å². The van der Waals surface area contributed by atoms with E-state index in [9.17, 15) is 17.6 Å². The minimum Gasteiger partial charge on any atom is -0.319 e. The number of hydrogen-bond acceptors (Lipinski definition) is 3. The van der Waals surface area contributed by atoms with Gasteiger partial charge in [-0.25, -0.2) is 12.8 Å². The molecule has 0 radical (unpaired) electrons. The van der Waals surface area contributed by atoms with Crippen molar-refractivity contribution in [2.24, 2.45) is 5.92 Å². The normalized spacial score (nSPS) is 18.1. The second-order valence-electron chi connectivity index (χ2n) is 7.19. The fourth-order valence-corrected chi connectivity index (χ4v) is 5.37. The van der Waals surface area contributed by atoms with Crippen LogP contribution in [0.4, 0.5) is 10.1 Å². The van der Waals surface area contributed by atoms with Crippen molar-refractivity contribution < 1.29 is 17.6 Å². The molecule has 1 saturated heterocycles. The number of carbonyl (C=O) groups excluding carboxylic acids is 1. The molecule has 1 fully saturated rings. The van der Waals surface area contributed by atoms with E-state index in [1.807, 2.05) is 6.92 Å². The van der Waals surface area contributed by atoms with Gasteiger partial charge in [-0.05, 0) is 61.6 Å². The minimum atomic E-state index is -3.82. The zero-order valence-corrected chi connectivity index (χ0v) is 17.3. The SMILES string of the molecule is Cc1ccc(F)c(NC(=O)c2ccc(Cl)c(S(=O)(=O)N3CCC[C@@H](C)C3)c2)c1. The molecule has 8 heteroatoms. The van der Waals surface area contributed by atoms with Gasteiger partial charge in [-0.3, -0.25) is 4.79 Å². The number of halogens is 2. The minimum absolute atomic E-state index is 0.0363. The van der Waals surface area contributed by atoms with Crippen molar-refractivity contribution in [1.29, 1.82) is 0 Å². The number of aryl methyl sites for hydroxylation is 1. The Kier molecular flexibility index (Phi) is 6.07. The summed E-state index contributed by atoms with van der Waals surface area (Å²) in [6.07, 6.45) is 1.76. The molecule has 0 aliphatic carbocycles. The van der Waals surface area contributed by atoms with E-state index in [4.69, 9.17) is 11.6 Å². The molecule has 1 heterocycles. The summed E-state index contributed by atoms with van der Waals surface area (Å²) in [7, 11) is -3.82. The summed E-state index contributed by atoms with van der Waals surface area (Å²) in [5.74, 6) is -0.911. The number of carbonyl (C=O) groups is 1. The van der Waals surface area contributed by atoms with Crippen LogP contribution in [0.1, 0.15) is 35.7 Å². The first-order valence-electron chi connectivity index (χ1n) is 9.05. The average Bonchev–Trinajstić information content (AvgIpc) is 2.65. The van der Waals surface area contributed by atoms with Crippen molar-refractivity contribution in [1.82, 2.24) is 4.31 Å². The van der Waals surface area contributed by atoms with Gasteiger partial charge in [-0.2, -0.15) is 4.31 Å². The number of piperidine rings is 1. The summed E-state index contributed by atoms with van der Waals surface area (Å²) in [5.41, 5.74) is 0.915. The molecule has 0 unspecified atom stereocenters. The van der Waals surface area contributed by atoms with Gasteiger partial charge in [0.15, 0.2) is 0 Å². The van der Waals surface area contributed by atoms with Crippen molar-refractivity contribution in [2.75, 3.05) is 18.4 Å². The first kappa shape index (κ1) is 20.8. The molecule has 1 N–H and O–H groups in total. The Morgan fingerprint density at radius 1 is 1.25 bits per heavy atom. The molecule has 1 aliphatic rings. The number of rotatable bonds is 4. The van der Waals surface area contributed by atoms with E-state index < -0.39 is 21.7 Å². The number of nitrogens with one attached hydrogen (secondary N) is 1. The first-order valence-corrected chi connectivity index (χ1v) is 10.9. The third-order valence-electron chi connectivity index (χ3n) is 4.80. The monoisotopic (exact) mass is 424 g/mol. The standard InChI is InChI=1S/C20H22ClFN2O3S/c1-13-5-8-17(22)18(10-13)23-20(25)15-6-7-16(21)19(11-15)28(26,27)24-9-3-4-14(2)12-24/h5-8,10-11,14H,3-4,9,12H2,1-2H3,(H,23,25)/t14-/m1/s1. The fraction of sp³-hybridized carbons (Fsp3) is 0.350. The number of benzene rings is 2. The second-order valence-corrected chi connectivity index (χ2v) is 9.51. The quantitative estimate of drug-likeness (QED) is 0.787. The van der Waals surface area contributed by atoms with Crippen LogP contribution in [0.3, 0.4) is 0 Å². The molecule has 1 amide bonds. The van der Waals surface area contributed by atoms with E-state index in [0.717, 1.165) is 18.4 Å². The smallest absolute Gasteiger partial charge is 0.255 e. The van der Waals surface area contributed by atoms with Crippen LogP contribution in [-0.4, -0.2) is 31.7 Å². The zero-order valence-electron chi connectivity index (χ0n) is 15.7. The molecule has 2 aromatic carbocycles. The number of anilines is 1. The Morgan fingerprint density at radius 2 is 2.00 bits per heavy atom. The van der Waals surface area contributed by atoms with Gasteiger partial charge in [0, 0.05) is 18.7 Å². The lowest BCUT2D eigenvalue weighted by Gasteiger charge is -2.30. The van der Waals surface area contributed by atoms with Crippen molar-refractivity contribution in [3.05, 3.63) is 58.4 Å². The second kappa shape index (κ2) is 8.19. The lowest BCUT2D eigenvalue weighted by atomic mass is 10.0. The molecule has 2 aromatic rings. The lowest BCUT2D eigenvalue weighted by Crippen LogP contribution is -2.39. The zero-order chi connectivity index (χ0) is 20.5. The van der Waals surface area contributed by atoms with Crippen LogP contribution in [0, 0.1) is 18.7 Å². The van der Waals surface area contributed by atoms with Crippen molar-refractivity contribution in [3.8, 4) is 0 Å². The summed E-state index contributed by atoms with van der Waals surface area (Å²) in [5, 5.41) is 2.54. The van der Waals surface area contributed by atoms with Gasteiger partial charge < -0.3 is 5.32 Å². The molecule has 5 nitrogen and oxygen atoms in total. The van der Waals surface area contributed by atoms with E-state index in [1.165, 1.54) is 34.6 Å². The van der Waals surface area contributed by atoms with Crippen LogP contribution in [0.2, 0.25) is 5.02 Å². The number of sulfonamides is 1. The van der Waals surface area contributed by atoms with E-state index >= 15 is 0 Å².